The molecule has 0 aromatic carbocycles. The topological polar surface area (TPSA) is 220 Å². The van der Waals surface area contributed by atoms with E-state index in [1.807, 2.05) is 0 Å². The number of hydrogen-bond donors (Lipinski definition) is 8. The molecule has 0 rings (SSSR count). The average Bonchev–Trinajstić information content (AvgIpc) is 2.65. The van der Waals surface area contributed by atoms with Gasteiger partial charge in [0.1, 0.15) is 18.1 Å². The lowest BCUT2D eigenvalue weighted by Gasteiger charge is -2.23. The smallest absolute Gasteiger partial charge is 0.326 e. The number of carboxylic acid groups (broad SMARTS) is 1. The number of carbonyl (C=O) groups excluding carboxylic acids is 4. The summed E-state index contributed by atoms with van der Waals surface area (Å²) >= 11 is 3.93. The standard InChI is InChI=1S/C16H30N6O6S/c1-8(13(24)22-11(16(27)28)6-12(19)23)20-15(26)10(4-2-3-5-17)21-14(25)9(18)7-29/h8-11,29H,2-7,17-18H2,1H3,(H2,19,23)(H,20,26)(H,21,25)(H,22,24)(H,27,28). The molecule has 4 amide bonds. The van der Waals surface area contributed by atoms with Crippen molar-refractivity contribution in [2.24, 2.45) is 17.2 Å². The summed E-state index contributed by atoms with van der Waals surface area (Å²) in [4.78, 5) is 58.7. The minimum Gasteiger partial charge on any atom is -0.480 e. The zero-order chi connectivity index (χ0) is 22.6. The van der Waals surface area contributed by atoms with Crippen molar-refractivity contribution in [1.82, 2.24) is 16.0 Å². The van der Waals surface area contributed by atoms with Crippen LogP contribution in [0.15, 0.2) is 0 Å². The van der Waals surface area contributed by atoms with E-state index in [-0.39, 0.29) is 12.2 Å². The normalized spacial score (nSPS) is 14.8. The van der Waals surface area contributed by atoms with Crippen LogP contribution in [0.5, 0.6) is 0 Å². The molecule has 12 nitrogen and oxygen atoms in total. The Kier molecular flexibility index (Phi) is 12.6. The minimum atomic E-state index is -1.52. The fraction of sp³-hybridized carbons (Fsp3) is 0.688. The van der Waals surface area contributed by atoms with Crippen molar-refractivity contribution in [1.29, 1.82) is 0 Å². The van der Waals surface area contributed by atoms with Crippen LogP contribution in [0.25, 0.3) is 0 Å². The van der Waals surface area contributed by atoms with Gasteiger partial charge in [-0.1, -0.05) is 0 Å². The number of carboxylic acids is 1. The third kappa shape index (κ3) is 10.7. The number of rotatable bonds is 14. The van der Waals surface area contributed by atoms with E-state index in [0.717, 1.165) is 0 Å². The van der Waals surface area contributed by atoms with Crippen LogP contribution in [0.4, 0.5) is 0 Å². The molecular weight excluding hydrogens is 404 g/mol. The number of carbonyl (C=O) groups is 5. The lowest BCUT2D eigenvalue weighted by Crippen LogP contribution is -2.56. The van der Waals surface area contributed by atoms with Gasteiger partial charge in [-0.05, 0) is 32.7 Å². The van der Waals surface area contributed by atoms with Gasteiger partial charge in [0.25, 0.3) is 0 Å². The van der Waals surface area contributed by atoms with E-state index in [2.05, 4.69) is 28.6 Å². The molecule has 0 fully saturated rings. The van der Waals surface area contributed by atoms with Gasteiger partial charge in [-0.15, -0.1) is 0 Å². The number of amides is 4. The monoisotopic (exact) mass is 434 g/mol. The lowest BCUT2D eigenvalue weighted by atomic mass is 10.1. The molecule has 0 aliphatic rings. The molecule has 10 N–H and O–H groups in total. The number of nitrogens with one attached hydrogen (secondary N) is 3. The van der Waals surface area contributed by atoms with Gasteiger partial charge in [0.2, 0.25) is 23.6 Å². The number of unbranched alkanes of at least 4 members (excludes halogenated alkanes) is 1. The molecular formula is C16H30N6O6S. The van der Waals surface area contributed by atoms with Crippen molar-refractivity contribution in [3.05, 3.63) is 0 Å². The van der Waals surface area contributed by atoms with Gasteiger partial charge >= 0.3 is 5.97 Å². The second kappa shape index (κ2) is 13.7. The van der Waals surface area contributed by atoms with Crippen molar-refractivity contribution in [3.8, 4) is 0 Å². The highest BCUT2D eigenvalue weighted by molar-refractivity contribution is 7.80. The predicted octanol–water partition coefficient (Wildman–Crippen LogP) is -3.19. The highest BCUT2D eigenvalue weighted by Gasteiger charge is 2.28. The molecule has 0 spiro atoms. The van der Waals surface area contributed by atoms with Gasteiger partial charge in [-0.3, -0.25) is 19.2 Å². The molecule has 166 valence electrons. The van der Waals surface area contributed by atoms with Crippen LogP contribution in [-0.4, -0.2) is 71.2 Å². The van der Waals surface area contributed by atoms with Gasteiger partial charge in [0, 0.05) is 5.75 Å². The number of aliphatic carboxylic acids is 1. The quantitative estimate of drug-likeness (QED) is 0.102. The van der Waals surface area contributed by atoms with Gasteiger partial charge in [0.05, 0.1) is 12.5 Å². The number of thiol groups is 1. The predicted molar refractivity (Wildman–Crippen MR) is 108 cm³/mol. The third-order valence-electron chi connectivity index (χ3n) is 3.89. The average molecular weight is 435 g/mol. The Morgan fingerprint density at radius 2 is 1.55 bits per heavy atom. The first-order valence-corrected chi connectivity index (χ1v) is 9.65. The molecule has 0 saturated carbocycles. The van der Waals surface area contributed by atoms with Crippen LogP contribution in [0.3, 0.4) is 0 Å². The van der Waals surface area contributed by atoms with E-state index >= 15 is 0 Å². The Bertz CT molecular complexity index is 604. The molecule has 0 bridgehead atoms. The number of nitrogens with two attached hydrogens (primary N) is 3. The van der Waals surface area contributed by atoms with Gasteiger partial charge in [-0.2, -0.15) is 12.6 Å². The third-order valence-corrected chi connectivity index (χ3v) is 4.28. The molecule has 0 aliphatic carbocycles. The summed E-state index contributed by atoms with van der Waals surface area (Å²) < 4.78 is 0. The van der Waals surface area contributed by atoms with Crippen LogP contribution >= 0.6 is 12.6 Å². The fourth-order valence-corrected chi connectivity index (χ4v) is 2.37. The van der Waals surface area contributed by atoms with Crippen LogP contribution in [-0.2, 0) is 24.0 Å². The summed E-state index contributed by atoms with van der Waals surface area (Å²) in [6.45, 7) is 1.74. The number of hydrogen-bond acceptors (Lipinski definition) is 8. The Balaban J connectivity index is 5.01. The van der Waals surface area contributed by atoms with Gasteiger partial charge in [-0.25, -0.2) is 4.79 Å². The van der Waals surface area contributed by atoms with E-state index in [0.29, 0.717) is 19.4 Å². The van der Waals surface area contributed by atoms with Crippen LogP contribution in [0.2, 0.25) is 0 Å². The molecule has 0 aliphatic heterocycles. The molecule has 0 heterocycles. The molecule has 29 heavy (non-hydrogen) atoms. The van der Waals surface area contributed by atoms with E-state index in [9.17, 15) is 24.0 Å². The van der Waals surface area contributed by atoms with Gasteiger partial charge in [0.15, 0.2) is 0 Å². The van der Waals surface area contributed by atoms with Crippen LogP contribution < -0.4 is 33.2 Å². The lowest BCUT2D eigenvalue weighted by molar-refractivity contribution is -0.143. The SMILES string of the molecule is CC(NC(=O)C(CCCCN)NC(=O)C(N)CS)C(=O)NC(CC(N)=O)C(=O)O. The summed E-state index contributed by atoms with van der Waals surface area (Å²) in [7, 11) is 0. The maximum atomic E-state index is 12.5. The Morgan fingerprint density at radius 3 is 2.03 bits per heavy atom. The molecule has 0 saturated heterocycles. The Morgan fingerprint density at radius 1 is 0.966 bits per heavy atom. The molecule has 0 aromatic rings. The van der Waals surface area contributed by atoms with E-state index in [4.69, 9.17) is 22.3 Å². The Labute approximate surface area is 174 Å². The molecule has 4 unspecified atom stereocenters. The van der Waals surface area contributed by atoms with E-state index < -0.39 is 60.2 Å². The zero-order valence-electron chi connectivity index (χ0n) is 16.2. The maximum Gasteiger partial charge on any atom is 0.326 e. The van der Waals surface area contributed by atoms with E-state index in [1.165, 1.54) is 6.92 Å². The summed E-state index contributed by atoms with van der Waals surface area (Å²) in [5.41, 5.74) is 16.0. The first-order valence-electron chi connectivity index (χ1n) is 9.02. The van der Waals surface area contributed by atoms with Crippen molar-refractivity contribution >= 4 is 42.2 Å². The highest BCUT2D eigenvalue weighted by Crippen LogP contribution is 2.03. The minimum absolute atomic E-state index is 0.0816. The fourth-order valence-electron chi connectivity index (χ4n) is 2.20. The molecule has 0 radical (unpaired) electrons. The summed E-state index contributed by atoms with van der Waals surface area (Å²) in [5.74, 6) is -4.31. The second-order valence-electron chi connectivity index (χ2n) is 6.43. The first kappa shape index (κ1) is 26.6. The summed E-state index contributed by atoms with van der Waals surface area (Å²) in [5, 5.41) is 16.1. The highest BCUT2D eigenvalue weighted by atomic mass is 32.1. The van der Waals surface area contributed by atoms with Crippen LogP contribution in [0, 0.1) is 0 Å². The maximum absolute atomic E-state index is 12.5. The molecule has 13 heteroatoms. The van der Waals surface area contributed by atoms with Crippen molar-refractivity contribution in [2.75, 3.05) is 12.3 Å². The Hall–Kier alpha value is -2.38. The van der Waals surface area contributed by atoms with Crippen molar-refractivity contribution in [3.63, 3.8) is 0 Å². The van der Waals surface area contributed by atoms with Crippen molar-refractivity contribution < 1.29 is 29.1 Å². The van der Waals surface area contributed by atoms with Crippen molar-refractivity contribution in [2.45, 2.75) is 56.8 Å². The van der Waals surface area contributed by atoms with Crippen LogP contribution in [0.1, 0.15) is 32.6 Å². The van der Waals surface area contributed by atoms with Gasteiger partial charge < -0.3 is 38.3 Å². The van der Waals surface area contributed by atoms with E-state index in [1.54, 1.807) is 0 Å². The second-order valence-corrected chi connectivity index (χ2v) is 6.80. The summed E-state index contributed by atoms with van der Waals surface area (Å²) in [6, 6.07) is -4.53. The zero-order valence-corrected chi connectivity index (χ0v) is 17.1. The summed E-state index contributed by atoms with van der Waals surface area (Å²) in [6.07, 6.45) is 0.843. The molecule has 0 aromatic heterocycles. The molecule has 4 atom stereocenters. The number of primary amides is 1. The largest absolute Gasteiger partial charge is 0.480 e. The first-order chi connectivity index (χ1) is 13.5.